The lowest BCUT2D eigenvalue weighted by atomic mass is 10.1. The van der Waals surface area contributed by atoms with Crippen LogP contribution in [-0.4, -0.2) is 113 Å². The molecular weight excluding hydrogens is 514 g/mol. The van der Waals surface area contributed by atoms with Crippen molar-refractivity contribution >= 4 is 17.6 Å². The van der Waals surface area contributed by atoms with E-state index in [2.05, 4.69) is 90.3 Å². The molecule has 1 aromatic rings. The lowest BCUT2D eigenvalue weighted by Gasteiger charge is -2.31. The second-order valence-corrected chi connectivity index (χ2v) is 13.3. The van der Waals surface area contributed by atoms with Crippen molar-refractivity contribution in [2.24, 2.45) is 0 Å². The minimum atomic E-state index is -0.147. The van der Waals surface area contributed by atoms with Gasteiger partial charge in [0.1, 0.15) is 13.1 Å². The summed E-state index contributed by atoms with van der Waals surface area (Å²) in [7, 11) is 13.2. The Kier molecular flexibility index (Phi) is 15.8. The summed E-state index contributed by atoms with van der Waals surface area (Å²) >= 11 is 0. The fourth-order valence-corrected chi connectivity index (χ4v) is 4.97. The molecule has 41 heavy (non-hydrogen) atoms. The van der Waals surface area contributed by atoms with Crippen LogP contribution in [0.1, 0.15) is 49.7 Å². The lowest BCUT2D eigenvalue weighted by Crippen LogP contribution is -2.44. The molecule has 0 saturated heterocycles. The summed E-state index contributed by atoms with van der Waals surface area (Å²) in [5, 5.41) is 5.88. The zero-order chi connectivity index (χ0) is 30.9. The van der Waals surface area contributed by atoms with Crippen LogP contribution in [0.4, 0.5) is 0 Å². The molecule has 2 amide bonds. The average Bonchev–Trinajstić information content (AvgIpc) is 2.91. The Bertz CT molecular complexity index is 983. The van der Waals surface area contributed by atoms with E-state index in [-0.39, 0.29) is 17.6 Å². The molecule has 0 atom stereocenters. The monoisotopic (exact) mass is 572 g/mol. The number of hydrogen-bond acceptors (Lipinski definition) is 3. The van der Waals surface area contributed by atoms with Crippen molar-refractivity contribution in [1.29, 1.82) is 0 Å². The Balaban J connectivity index is 2.33. The first-order valence-corrected chi connectivity index (χ1v) is 15.0. The van der Waals surface area contributed by atoms with Gasteiger partial charge < -0.3 is 24.1 Å². The molecule has 1 aromatic carbocycles. The van der Waals surface area contributed by atoms with Crippen LogP contribution in [0.5, 0.6) is 0 Å². The predicted molar refractivity (Wildman–Crippen MR) is 169 cm³/mol. The minimum absolute atomic E-state index is 0.101. The Hall–Kier alpha value is -2.81. The highest BCUT2D eigenvalue weighted by atomic mass is 16.2. The van der Waals surface area contributed by atoms with Crippen LogP contribution in [0.3, 0.4) is 0 Å². The third kappa shape index (κ3) is 17.6. The lowest BCUT2D eigenvalue weighted by molar-refractivity contribution is -0.904. The van der Waals surface area contributed by atoms with Gasteiger partial charge in [0.2, 0.25) is 11.8 Å². The first kappa shape index (κ1) is 36.2. The number of carbonyl (C=O) groups is 3. The summed E-state index contributed by atoms with van der Waals surface area (Å²) < 4.78 is 2.52. The van der Waals surface area contributed by atoms with Gasteiger partial charge >= 0.3 is 0 Å². The molecule has 0 aliphatic rings. The average molecular weight is 573 g/mol. The Morgan fingerprint density at radius 2 is 1.12 bits per heavy atom. The highest BCUT2D eigenvalue weighted by molar-refractivity contribution is 5.88. The maximum absolute atomic E-state index is 12.4. The molecule has 1 rings (SSSR count). The second-order valence-electron chi connectivity index (χ2n) is 13.3. The molecule has 0 radical (unpaired) electrons. The van der Waals surface area contributed by atoms with Gasteiger partial charge in [0.05, 0.1) is 74.9 Å². The van der Waals surface area contributed by atoms with Gasteiger partial charge in [0, 0.05) is 43.5 Å². The summed E-state index contributed by atoms with van der Waals surface area (Å²) in [6, 6.07) is 8.97. The van der Waals surface area contributed by atoms with Crippen molar-refractivity contribution in [1.82, 2.24) is 10.6 Å². The van der Waals surface area contributed by atoms with E-state index < -0.39 is 0 Å². The smallest absolute Gasteiger partial charge is 0.243 e. The minimum Gasteiger partial charge on any atom is -0.356 e. The number of hydrogen-bond donors (Lipinski definition) is 2. The van der Waals surface area contributed by atoms with Crippen molar-refractivity contribution in [3.8, 4) is 0 Å². The molecule has 0 heterocycles. The summed E-state index contributed by atoms with van der Waals surface area (Å²) in [6.45, 7) is 13.9. The van der Waals surface area contributed by atoms with E-state index in [0.717, 1.165) is 78.4 Å². The van der Waals surface area contributed by atoms with Crippen LogP contribution in [0.15, 0.2) is 49.6 Å². The van der Waals surface area contributed by atoms with E-state index in [9.17, 15) is 14.4 Å². The molecule has 0 fully saturated rings. The highest BCUT2D eigenvalue weighted by Gasteiger charge is 2.19. The molecule has 8 nitrogen and oxygen atoms in total. The van der Waals surface area contributed by atoms with Gasteiger partial charge in [-0.15, -0.1) is 0 Å². The number of rotatable bonds is 22. The number of unbranched alkanes of at least 4 members (excludes halogenated alkanes) is 1. The largest absolute Gasteiger partial charge is 0.356 e. The van der Waals surface area contributed by atoms with Crippen LogP contribution in [0, 0.1) is 0 Å². The van der Waals surface area contributed by atoms with E-state index in [1.165, 1.54) is 23.3 Å². The molecule has 0 aliphatic carbocycles. The zero-order valence-electron chi connectivity index (χ0n) is 26.8. The number of nitrogens with one attached hydrogen (secondary N) is 2. The molecule has 0 spiro atoms. The van der Waals surface area contributed by atoms with Gasteiger partial charge in [-0.25, -0.2) is 0 Å². The van der Waals surface area contributed by atoms with Crippen LogP contribution < -0.4 is 10.6 Å². The van der Waals surface area contributed by atoms with Crippen molar-refractivity contribution in [3.63, 3.8) is 0 Å². The van der Waals surface area contributed by atoms with Crippen LogP contribution in [0.2, 0.25) is 0 Å². The Morgan fingerprint density at radius 3 is 1.63 bits per heavy atom. The van der Waals surface area contributed by atoms with Gasteiger partial charge in [-0.2, -0.15) is 0 Å². The van der Waals surface area contributed by atoms with Crippen molar-refractivity contribution in [3.05, 3.63) is 60.7 Å². The number of quaternary nitrogens is 3. The summed E-state index contributed by atoms with van der Waals surface area (Å²) in [4.78, 5) is 35.1. The van der Waals surface area contributed by atoms with Crippen molar-refractivity contribution < 1.29 is 27.8 Å². The van der Waals surface area contributed by atoms with Gasteiger partial charge in [-0.05, 0) is 25.0 Å². The third-order valence-electron chi connectivity index (χ3n) is 7.54. The Labute approximate surface area is 249 Å². The SMILES string of the molecule is C=CC(=O)CCCC[N+](C)(C)Cc1ccc(C[N+](C)(C)CCCNC(=O)CC[N+](C)(C)CCCNC(=O)C=C)cc1. The van der Waals surface area contributed by atoms with E-state index in [1.54, 1.807) is 0 Å². The molecule has 2 N–H and O–H groups in total. The van der Waals surface area contributed by atoms with E-state index in [0.29, 0.717) is 25.9 Å². The first-order valence-electron chi connectivity index (χ1n) is 15.0. The Morgan fingerprint density at radius 1 is 0.634 bits per heavy atom. The van der Waals surface area contributed by atoms with Gasteiger partial charge in [-0.3, -0.25) is 14.4 Å². The molecule has 0 aliphatic heterocycles. The van der Waals surface area contributed by atoms with E-state index in [4.69, 9.17) is 0 Å². The number of carbonyl (C=O) groups excluding carboxylic acids is 3. The second kappa shape index (κ2) is 17.9. The number of amides is 2. The topological polar surface area (TPSA) is 75.3 Å². The number of allylic oxidation sites excluding steroid dienone is 1. The van der Waals surface area contributed by atoms with Crippen LogP contribution >= 0.6 is 0 Å². The predicted octanol–water partition coefficient (Wildman–Crippen LogP) is 3.43. The number of benzene rings is 1. The van der Waals surface area contributed by atoms with Gasteiger partial charge in [-0.1, -0.05) is 37.4 Å². The molecule has 0 aromatic heterocycles. The highest BCUT2D eigenvalue weighted by Crippen LogP contribution is 2.15. The molecule has 230 valence electrons. The summed E-state index contributed by atoms with van der Waals surface area (Å²) in [6.07, 6.45) is 7.54. The van der Waals surface area contributed by atoms with E-state index in [1.807, 2.05) is 0 Å². The number of ketones is 1. The first-order chi connectivity index (χ1) is 19.2. The maximum atomic E-state index is 12.4. The quantitative estimate of drug-likeness (QED) is 0.127. The summed E-state index contributed by atoms with van der Waals surface area (Å²) in [5.41, 5.74) is 2.65. The molecular formula is C33H58N5O3+3. The molecule has 8 heteroatoms. The molecule has 0 saturated carbocycles. The third-order valence-corrected chi connectivity index (χ3v) is 7.54. The van der Waals surface area contributed by atoms with Gasteiger partial charge in [0.15, 0.2) is 5.78 Å². The van der Waals surface area contributed by atoms with Crippen LogP contribution in [-0.2, 0) is 27.5 Å². The fourth-order valence-electron chi connectivity index (χ4n) is 4.97. The fraction of sp³-hybridized carbons (Fsp3) is 0.606. The van der Waals surface area contributed by atoms with Crippen molar-refractivity contribution in [2.45, 2.75) is 51.6 Å². The van der Waals surface area contributed by atoms with Gasteiger partial charge in [0.25, 0.3) is 0 Å². The van der Waals surface area contributed by atoms with Crippen LogP contribution in [0.25, 0.3) is 0 Å². The summed E-state index contributed by atoms with van der Waals surface area (Å²) in [5.74, 6) is 0.0860. The van der Waals surface area contributed by atoms with Crippen molar-refractivity contribution in [2.75, 3.05) is 81.6 Å². The number of nitrogens with zero attached hydrogens (tertiary/aromatic N) is 3. The maximum Gasteiger partial charge on any atom is 0.243 e. The zero-order valence-corrected chi connectivity index (χ0v) is 26.8. The molecule has 0 unspecified atom stereocenters. The standard InChI is InChI=1S/C33H56N5O3/c1-9-31(39)15-11-12-23-37(5,6)27-29-16-18-30(19-17-29)28-38(7,8)25-14-22-35-33(41)20-26-36(3,4)24-13-21-34-32(40)10-2/h9-10,16-19H,1-2,11-15,20-28H2,3-8H3/q+1/p+2. The molecule has 0 bridgehead atoms. The normalized spacial score (nSPS) is 12.0. The van der Waals surface area contributed by atoms with E-state index >= 15 is 0 Å².